The summed E-state index contributed by atoms with van der Waals surface area (Å²) in [6.07, 6.45) is 0. The van der Waals surface area contributed by atoms with Gasteiger partial charge in [0.25, 0.3) is 0 Å². The number of nitrogen functional groups attached to an aromatic ring is 1. The molecule has 8 heteroatoms. The first kappa shape index (κ1) is 14.5. The number of methoxy groups -OCH3 is 1. The average molecular weight is 317 g/mol. The lowest BCUT2D eigenvalue weighted by Gasteiger charge is -2.04. The molecule has 7 nitrogen and oxygen atoms in total. The largest absolute Gasteiger partial charge is 0.497 e. The van der Waals surface area contributed by atoms with Gasteiger partial charge in [-0.3, -0.25) is 0 Å². The zero-order valence-corrected chi connectivity index (χ0v) is 13.0. The number of aromatic nitrogens is 4. The lowest BCUT2D eigenvalue weighted by atomic mass is 10.2. The van der Waals surface area contributed by atoms with E-state index < -0.39 is 0 Å². The summed E-state index contributed by atoms with van der Waals surface area (Å²) in [7, 11) is 1.63. The molecule has 0 aliphatic heterocycles. The van der Waals surface area contributed by atoms with Gasteiger partial charge in [-0.15, -0.1) is 10.2 Å². The van der Waals surface area contributed by atoms with Gasteiger partial charge < -0.3 is 15.1 Å². The highest BCUT2D eigenvalue weighted by molar-refractivity contribution is 7.98. The summed E-state index contributed by atoms with van der Waals surface area (Å²) < 4.78 is 11.6. The number of nitrogens with two attached hydrogens (primary N) is 1. The molecule has 3 rings (SSSR count). The number of nitrogens with zero attached hydrogens (tertiary/aromatic N) is 4. The Morgan fingerprint density at radius 1 is 1.27 bits per heavy atom. The fourth-order valence-corrected chi connectivity index (χ4v) is 2.67. The highest BCUT2D eigenvalue weighted by Gasteiger charge is 2.13. The molecule has 114 valence electrons. The van der Waals surface area contributed by atoms with Gasteiger partial charge in [0.05, 0.1) is 12.8 Å². The minimum Gasteiger partial charge on any atom is -0.497 e. The molecule has 0 radical (unpaired) electrons. The second-order valence-corrected chi connectivity index (χ2v) is 5.56. The van der Waals surface area contributed by atoms with E-state index in [4.69, 9.17) is 15.1 Å². The molecule has 3 aromatic rings. The first-order valence-electron chi connectivity index (χ1n) is 6.57. The van der Waals surface area contributed by atoms with Crippen molar-refractivity contribution < 1.29 is 9.26 Å². The minimum atomic E-state index is 0.599. The Labute approximate surface area is 131 Å². The van der Waals surface area contributed by atoms with Crippen molar-refractivity contribution in [3.8, 4) is 17.1 Å². The Bertz CT molecular complexity index is 766. The average Bonchev–Trinajstić information content (AvgIpc) is 3.11. The molecule has 0 saturated carbocycles. The quantitative estimate of drug-likeness (QED) is 0.570. The lowest BCUT2D eigenvalue weighted by molar-refractivity contribution is 0.393. The van der Waals surface area contributed by atoms with E-state index in [2.05, 4.69) is 15.4 Å². The maximum absolute atomic E-state index is 6.07. The van der Waals surface area contributed by atoms with E-state index in [-0.39, 0.29) is 0 Å². The summed E-state index contributed by atoms with van der Waals surface area (Å²) in [5.74, 6) is 8.85. The highest BCUT2D eigenvalue weighted by atomic mass is 32.2. The van der Waals surface area contributed by atoms with Crippen LogP contribution >= 0.6 is 11.8 Å². The van der Waals surface area contributed by atoms with E-state index in [9.17, 15) is 0 Å². The third-order valence-corrected chi connectivity index (χ3v) is 4.02. The number of benzene rings is 1. The predicted molar refractivity (Wildman–Crippen MR) is 83.0 cm³/mol. The van der Waals surface area contributed by atoms with Crippen molar-refractivity contribution in [2.75, 3.05) is 13.0 Å². The molecule has 1 aromatic carbocycles. The molecule has 0 amide bonds. The molecule has 0 bridgehead atoms. The number of aryl methyl sites for hydroxylation is 1. The Balaban J connectivity index is 1.76. The number of rotatable bonds is 5. The Morgan fingerprint density at radius 2 is 2.05 bits per heavy atom. The highest BCUT2D eigenvalue weighted by Crippen LogP contribution is 2.25. The van der Waals surface area contributed by atoms with Crippen LogP contribution in [0.25, 0.3) is 11.4 Å². The zero-order chi connectivity index (χ0) is 15.5. The van der Waals surface area contributed by atoms with Gasteiger partial charge in [0.2, 0.25) is 5.16 Å². The second-order valence-electron chi connectivity index (χ2n) is 4.62. The van der Waals surface area contributed by atoms with E-state index in [1.54, 1.807) is 7.11 Å². The van der Waals surface area contributed by atoms with Gasteiger partial charge in [-0.2, -0.15) is 0 Å². The van der Waals surface area contributed by atoms with Gasteiger partial charge >= 0.3 is 0 Å². The topological polar surface area (TPSA) is 92.0 Å². The standard InChI is InChI=1S/C14H15N5O2S/c1-9-7-11(18-21-9)8-22-14-17-16-13(19(14)15)10-3-5-12(20-2)6-4-10/h3-7H,8,15H2,1-2H3. The molecular formula is C14H15N5O2S. The molecule has 22 heavy (non-hydrogen) atoms. The first-order chi connectivity index (χ1) is 10.7. The summed E-state index contributed by atoms with van der Waals surface area (Å²) in [4.78, 5) is 0. The molecule has 0 spiro atoms. The van der Waals surface area contributed by atoms with E-state index >= 15 is 0 Å². The van der Waals surface area contributed by atoms with Gasteiger partial charge in [-0.25, -0.2) is 4.68 Å². The molecule has 0 saturated heterocycles. The molecular weight excluding hydrogens is 302 g/mol. The van der Waals surface area contributed by atoms with Crippen LogP contribution in [0.4, 0.5) is 0 Å². The molecule has 0 aliphatic carbocycles. The van der Waals surface area contributed by atoms with E-state index in [0.29, 0.717) is 16.7 Å². The number of hydrogen-bond acceptors (Lipinski definition) is 7. The Hall–Kier alpha value is -2.48. The summed E-state index contributed by atoms with van der Waals surface area (Å²) in [6.45, 7) is 1.86. The van der Waals surface area contributed by atoms with Crippen molar-refractivity contribution in [2.45, 2.75) is 17.8 Å². The summed E-state index contributed by atoms with van der Waals surface area (Å²) >= 11 is 1.45. The van der Waals surface area contributed by atoms with E-state index in [1.165, 1.54) is 16.4 Å². The van der Waals surface area contributed by atoms with Crippen molar-refractivity contribution in [3.05, 3.63) is 41.8 Å². The Morgan fingerprint density at radius 3 is 2.68 bits per heavy atom. The fraction of sp³-hybridized carbons (Fsp3) is 0.214. The van der Waals surface area contributed by atoms with Crippen LogP contribution in [-0.4, -0.2) is 27.1 Å². The van der Waals surface area contributed by atoms with Gasteiger partial charge in [0.1, 0.15) is 11.5 Å². The minimum absolute atomic E-state index is 0.599. The maximum Gasteiger partial charge on any atom is 0.210 e. The van der Waals surface area contributed by atoms with Gasteiger partial charge in [-0.05, 0) is 31.2 Å². The maximum atomic E-state index is 6.07. The molecule has 2 N–H and O–H groups in total. The first-order valence-corrected chi connectivity index (χ1v) is 7.56. The van der Waals surface area contributed by atoms with Gasteiger partial charge in [0, 0.05) is 17.4 Å². The molecule has 0 aliphatic rings. The lowest BCUT2D eigenvalue weighted by Crippen LogP contribution is -2.11. The predicted octanol–water partition coefficient (Wildman–Crippen LogP) is 2.26. The molecule has 0 unspecified atom stereocenters. The van der Waals surface area contributed by atoms with Crippen molar-refractivity contribution >= 4 is 11.8 Å². The Kier molecular flexibility index (Phi) is 4.01. The van der Waals surface area contributed by atoms with Gasteiger partial charge in [0.15, 0.2) is 5.82 Å². The van der Waals surface area contributed by atoms with Crippen molar-refractivity contribution in [3.63, 3.8) is 0 Å². The third kappa shape index (κ3) is 2.91. The van der Waals surface area contributed by atoms with Crippen LogP contribution in [0.3, 0.4) is 0 Å². The zero-order valence-electron chi connectivity index (χ0n) is 12.2. The third-order valence-electron chi connectivity index (χ3n) is 3.04. The van der Waals surface area contributed by atoms with Crippen LogP contribution in [0.15, 0.2) is 40.0 Å². The van der Waals surface area contributed by atoms with Crippen LogP contribution in [0.2, 0.25) is 0 Å². The smallest absolute Gasteiger partial charge is 0.210 e. The van der Waals surface area contributed by atoms with Crippen molar-refractivity contribution in [1.82, 2.24) is 20.0 Å². The summed E-state index contributed by atoms with van der Waals surface area (Å²) in [5.41, 5.74) is 1.72. The molecule has 2 aromatic heterocycles. The van der Waals surface area contributed by atoms with Crippen LogP contribution < -0.4 is 10.6 Å². The summed E-state index contributed by atoms with van der Waals surface area (Å²) in [5, 5.41) is 12.8. The van der Waals surface area contributed by atoms with Crippen LogP contribution in [0, 0.1) is 6.92 Å². The van der Waals surface area contributed by atoms with Gasteiger partial charge in [-0.1, -0.05) is 16.9 Å². The molecule has 0 fully saturated rings. The van der Waals surface area contributed by atoms with Crippen molar-refractivity contribution in [2.24, 2.45) is 0 Å². The van der Waals surface area contributed by atoms with Crippen LogP contribution in [0.1, 0.15) is 11.5 Å². The molecule has 0 atom stereocenters. The summed E-state index contributed by atoms with van der Waals surface area (Å²) in [6, 6.07) is 9.38. The van der Waals surface area contributed by atoms with E-state index in [1.807, 2.05) is 37.3 Å². The normalized spacial score (nSPS) is 10.8. The number of hydrogen-bond donors (Lipinski definition) is 1. The second kappa shape index (κ2) is 6.10. The monoisotopic (exact) mass is 317 g/mol. The fourth-order valence-electron chi connectivity index (χ4n) is 1.94. The molecule has 2 heterocycles. The van der Waals surface area contributed by atoms with Crippen molar-refractivity contribution in [1.29, 1.82) is 0 Å². The van der Waals surface area contributed by atoms with Crippen LogP contribution in [-0.2, 0) is 5.75 Å². The SMILES string of the molecule is COc1ccc(-c2nnc(SCc3cc(C)on3)n2N)cc1. The number of thioether (sulfide) groups is 1. The van der Waals surface area contributed by atoms with E-state index in [0.717, 1.165) is 22.8 Å². The van der Waals surface area contributed by atoms with Crippen LogP contribution in [0.5, 0.6) is 5.75 Å². The number of ether oxygens (including phenoxy) is 1.